The normalized spacial score (nSPS) is 26.1. The molecule has 0 bridgehead atoms. The van der Waals surface area contributed by atoms with Crippen LogP contribution in [0.5, 0.6) is 0 Å². The Bertz CT molecular complexity index is 295. The molecule has 1 aliphatic heterocycles. The van der Waals surface area contributed by atoms with Crippen LogP contribution in [0.4, 0.5) is 0 Å². The van der Waals surface area contributed by atoms with E-state index < -0.39 is 23.8 Å². The predicted molar refractivity (Wildman–Crippen MR) is 61.4 cm³/mol. The molecule has 6 heteroatoms. The summed E-state index contributed by atoms with van der Waals surface area (Å²) in [7, 11) is 0. The first-order valence-corrected chi connectivity index (χ1v) is 5.84. The van der Waals surface area contributed by atoms with Gasteiger partial charge in [-0.1, -0.05) is 6.92 Å². The number of nitrogens with zero attached hydrogens (tertiary/aromatic N) is 1. The highest BCUT2D eigenvalue weighted by Gasteiger charge is 2.40. The van der Waals surface area contributed by atoms with Crippen LogP contribution < -0.4 is 5.73 Å². The Labute approximate surface area is 101 Å². The van der Waals surface area contributed by atoms with Crippen LogP contribution in [-0.2, 0) is 14.3 Å². The number of hydrogen-bond donors (Lipinski definition) is 2. The van der Waals surface area contributed by atoms with Gasteiger partial charge < -0.3 is 15.6 Å². The van der Waals surface area contributed by atoms with E-state index in [-0.39, 0.29) is 12.6 Å². The summed E-state index contributed by atoms with van der Waals surface area (Å²) in [6, 6.07) is -0.738. The second-order valence-electron chi connectivity index (χ2n) is 4.37. The lowest BCUT2D eigenvalue weighted by atomic mass is 10.0. The van der Waals surface area contributed by atoms with Crippen molar-refractivity contribution in [2.24, 2.45) is 11.7 Å². The number of ether oxygens (including phenoxy) is 1. The number of rotatable bonds is 6. The van der Waals surface area contributed by atoms with E-state index in [1.165, 1.54) is 0 Å². The predicted octanol–water partition coefficient (Wildman–Crippen LogP) is -0.328. The number of aliphatic carboxylic acids is 1. The first-order chi connectivity index (χ1) is 7.99. The molecule has 0 aromatic carbocycles. The molecule has 1 heterocycles. The van der Waals surface area contributed by atoms with Crippen LogP contribution in [0, 0.1) is 5.92 Å². The molecule has 0 radical (unpaired) electrons. The summed E-state index contributed by atoms with van der Waals surface area (Å²) in [6.45, 7) is 4.86. The third-order valence-corrected chi connectivity index (χ3v) is 3.18. The molecule has 3 N–H and O–H groups in total. The van der Waals surface area contributed by atoms with Crippen LogP contribution in [-0.4, -0.2) is 53.7 Å². The molecule has 3 atom stereocenters. The number of primary amides is 1. The van der Waals surface area contributed by atoms with Crippen LogP contribution in [0.25, 0.3) is 0 Å². The first kappa shape index (κ1) is 13.9. The van der Waals surface area contributed by atoms with Gasteiger partial charge in [0.2, 0.25) is 5.91 Å². The van der Waals surface area contributed by atoms with Crippen molar-refractivity contribution in [2.75, 3.05) is 19.8 Å². The van der Waals surface area contributed by atoms with E-state index >= 15 is 0 Å². The number of carboxylic acid groups (broad SMARTS) is 1. The zero-order valence-corrected chi connectivity index (χ0v) is 10.3. The molecule has 3 unspecified atom stereocenters. The summed E-state index contributed by atoms with van der Waals surface area (Å²) >= 11 is 0. The van der Waals surface area contributed by atoms with Gasteiger partial charge in [0.05, 0.1) is 25.2 Å². The zero-order chi connectivity index (χ0) is 13.0. The lowest BCUT2D eigenvalue weighted by molar-refractivity contribution is -0.144. The monoisotopic (exact) mass is 244 g/mol. The first-order valence-electron chi connectivity index (χ1n) is 5.84. The number of carboxylic acids is 1. The third kappa shape index (κ3) is 3.17. The van der Waals surface area contributed by atoms with Crippen LogP contribution in [0.3, 0.4) is 0 Å². The summed E-state index contributed by atoms with van der Waals surface area (Å²) in [5, 5.41) is 9.10. The molecule has 1 amide bonds. The van der Waals surface area contributed by atoms with Crippen LogP contribution >= 0.6 is 0 Å². The van der Waals surface area contributed by atoms with Crippen molar-refractivity contribution < 1.29 is 19.4 Å². The second kappa shape index (κ2) is 5.97. The van der Waals surface area contributed by atoms with Gasteiger partial charge >= 0.3 is 5.97 Å². The molecular formula is C11H20N2O4. The minimum Gasteiger partial charge on any atom is -0.481 e. The number of nitrogens with two attached hydrogens (primary N) is 1. The fraction of sp³-hybridized carbons (Fsp3) is 0.818. The Morgan fingerprint density at radius 3 is 2.65 bits per heavy atom. The van der Waals surface area contributed by atoms with Crippen molar-refractivity contribution in [1.29, 1.82) is 0 Å². The van der Waals surface area contributed by atoms with Crippen molar-refractivity contribution in [2.45, 2.75) is 32.4 Å². The van der Waals surface area contributed by atoms with Crippen LogP contribution in [0.15, 0.2) is 0 Å². The van der Waals surface area contributed by atoms with Gasteiger partial charge in [0.25, 0.3) is 0 Å². The molecule has 0 spiro atoms. The molecule has 98 valence electrons. The average Bonchev–Trinajstić information content (AvgIpc) is 2.73. The topological polar surface area (TPSA) is 92.9 Å². The lowest BCUT2D eigenvalue weighted by Gasteiger charge is -2.33. The van der Waals surface area contributed by atoms with Gasteiger partial charge in [-0.3, -0.25) is 14.5 Å². The fourth-order valence-electron chi connectivity index (χ4n) is 2.17. The Kier molecular flexibility index (Phi) is 4.89. The van der Waals surface area contributed by atoms with E-state index in [9.17, 15) is 9.59 Å². The summed E-state index contributed by atoms with van der Waals surface area (Å²) in [5.74, 6) is -1.90. The van der Waals surface area contributed by atoms with E-state index in [0.717, 1.165) is 6.42 Å². The van der Waals surface area contributed by atoms with Gasteiger partial charge in [-0.25, -0.2) is 0 Å². The fourth-order valence-corrected chi connectivity index (χ4v) is 2.17. The minimum atomic E-state index is -0.884. The Hall–Kier alpha value is -1.14. The van der Waals surface area contributed by atoms with E-state index in [1.54, 1.807) is 6.92 Å². The quantitative estimate of drug-likeness (QED) is 0.667. The van der Waals surface area contributed by atoms with Gasteiger partial charge in [-0.15, -0.1) is 0 Å². The smallest absolute Gasteiger partial charge is 0.310 e. The average molecular weight is 244 g/mol. The maximum Gasteiger partial charge on any atom is 0.310 e. The van der Waals surface area contributed by atoms with E-state index in [1.807, 2.05) is 11.8 Å². The SMILES string of the molecule is CCCN(C(C)C(N)=O)C1COCC1C(=O)O. The maximum atomic E-state index is 11.2. The Morgan fingerprint density at radius 1 is 1.53 bits per heavy atom. The molecule has 0 aromatic rings. The van der Waals surface area contributed by atoms with Crippen molar-refractivity contribution in [1.82, 2.24) is 4.90 Å². The third-order valence-electron chi connectivity index (χ3n) is 3.18. The summed E-state index contributed by atoms with van der Waals surface area (Å²) < 4.78 is 5.21. The largest absolute Gasteiger partial charge is 0.481 e. The summed E-state index contributed by atoms with van der Waals surface area (Å²) in [6.07, 6.45) is 0.834. The van der Waals surface area contributed by atoms with E-state index in [0.29, 0.717) is 13.2 Å². The van der Waals surface area contributed by atoms with Gasteiger partial charge in [-0.05, 0) is 19.9 Å². The number of carbonyl (C=O) groups excluding carboxylic acids is 1. The molecule has 0 saturated carbocycles. The van der Waals surface area contributed by atoms with Gasteiger partial charge in [0, 0.05) is 6.04 Å². The highest BCUT2D eigenvalue weighted by atomic mass is 16.5. The molecular weight excluding hydrogens is 224 g/mol. The summed E-state index contributed by atoms with van der Waals surface area (Å²) in [5.41, 5.74) is 5.29. The van der Waals surface area contributed by atoms with E-state index in [4.69, 9.17) is 15.6 Å². The van der Waals surface area contributed by atoms with Crippen molar-refractivity contribution in [3.8, 4) is 0 Å². The van der Waals surface area contributed by atoms with Crippen LogP contribution in [0.1, 0.15) is 20.3 Å². The standard InChI is InChI=1S/C11H20N2O4/c1-3-4-13(7(2)10(12)14)9-6-17-5-8(9)11(15)16/h7-9H,3-6H2,1-2H3,(H2,12,14)(H,15,16). The highest BCUT2D eigenvalue weighted by Crippen LogP contribution is 2.22. The van der Waals surface area contributed by atoms with Crippen molar-refractivity contribution in [3.63, 3.8) is 0 Å². The molecule has 1 saturated heterocycles. The molecule has 0 aliphatic carbocycles. The molecule has 6 nitrogen and oxygen atoms in total. The second-order valence-corrected chi connectivity index (χ2v) is 4.37. The molecule has 0 aromatic heterocycles. The van der Waals surface area contributed by atoms with Gasteiger partial charge in [0.15, 0.2) is 0 Å². The van der Waals surface area contributed by atoms with Crippen molar-refractivity contribution in [3.05, 3.63) is 0 Å². The summed E-state index contributed by atoms with van der Waals surface area (Å²) in [4.78, 5) is 24.2. The van der Waals surface area contributed by atoms with E-state index in [2.05, 4.69) is 0 Å². The zero-order valence-electron chi connectivity index (χ0n) is 10.3. The Morgan fingerprint density at radius 2 is 2.18 bits per heavy atom. The molecule has 1 aliphatic rings. The van der Waals surface area contributed by atoms with Crippen LogP contribution in [0.2, 0.25) is 0 Å². The van der Waals surface area contributed by atoms with Gasteiger partial charge in [-0.2, -0.15) is 0 Å². The number of hydrogen-bond acceptors (Lipinski definition) is 4. The van der Waals surface area contributed by atoms with Crippen molar-refractivity contribution >= 4 is 11.9 Å². The Balaban J connectivity index is 2.82. The lowest BCUT2D eigenvalue weighted by Crippen LogP contribution is -2.52. The molecule has 1 fully saturated rings. The maximum absolute atomic E-state index is 11.2. The molecule has 1 rings (SSSR count). The number of carbonyl (C=O) groups is 2. The minimum absolute atomic E-state index is 0.200. The molecule has 17 heavy (non-hydrogen) atoms. The van der Waals surface area contributed by atoms with Gasteiger partial charge in [0.1, 0.15) is 0 Å². The highest BCUT2D eigenvalue weighted by molar-refractivity contribution is 5.79. The number of amides is 1.